The smallest absolute Gasteiger partial charge is 0.123 e. The molecule has 3 N–H and O–H groups in total. The summed E-state index contributed by atoms with van der Waals surface area (Å²) in [7, 11) is 0. The van der Waals surface area contributed by atoms with Crippen LogP contribution in [0.3, 0.4) is 0 Å². The molecular weight excluding hydrogens is 226 g/mol. The molecule has 1 aliphatic carbocycles. The van der Waals surface area contributed by atoms with Crippen molar-refractivity contribution >= 4 is 0 Å². The summed E-state index contributed by atoms with van der Waals surface area (Å²) in [5, 5.41) is 22.3. The molecule has 0 radical (unpaired) electrons. The largest absolute Gasteiger partial charge is 0.508 e. The van der Waals surface area contributed by atoms with E-state index in [9.17, 15) is 10.2 Å². The van der Waals surface area contributed by atoms with Crippen LogP contribution in [-0.2, 0) is 6.54 Å². The highest BCUT2D eigenvalue weighted by Gasteiger charge is 2.20. The average molecular weight is 249 g/mol. The van der Waals surface area contributed by atoms with Crippen LogP contribution in [0.25, 0.3) is 0 Å². The van der Waals surface area contributed by atoms with Gasteiger partial charge in [0.25, 0.3) is 0 Å². The van der Waals surface area contributed by atoms with Crippen LogP contribution in [0.5, 0.6) is 11.5 Å². The van der Waals surface area contributed by atoms with Gasteiger partial charge in [-0.05, 0) is 30.9 Å². The third kappa shape index (κ3) is 3.39. The zero-order valence-corrected chi connectivity index (χ0v) is 11.0. The number of hydrogen-bond donors (Lipinski definition) is 3. The lowest BCUT2D eigenvalue weighted by Crippen LogP contribution is -2.29. The maximum Gasteiger partial charge on any atom is 0.123 e. The van der Waals surface area contributed by atoms with Gasteiger partial charge in [0.15, 0.2) is 0 Å². The van der Waals surface area contributed by atoms with Crippen molar-refractivity contribution in [3.8, 4) is 11.5 Å². The normalized spacial score (nSPS) is 24.1. The van der Waals surface area contributed by atoms with Crippen LogP contribution in [0.1, 0.15) is 38.2 Å². The zero-order valence-electron chi connectivity index (χ0n) is 11.0. The van der Waals surface area contributed by atoms with Gasteiger partial charge in [-0.1, -0.05) is 32.3 Å². The van der Waals surface area contributed by atoms with Crippen molar-refractivity contribution < 1.29 is 10.2 Å². The molecule has 0 heterocycles. The Morgan fingerprint density at radius 3 is 2.72 bits per heavy atom. The summed E-state index contributed by atoms with van der Waals surface area (Å²) in [4.78, 5) is 0. The van der Waals surface area contributed by atoms with Gasteiger partial charge in [0.2, 0.25) is 0 Å². The second kappa shape index (κ2) is 6.10. The van der Waals surface area contributed by atoms with E-state index in [1.54, 1.807) is 12.1 Å². The first-order valence-electron chi connectivity index (χ1n) is 6.88. The molecule has 1 aromatic carbocycles. The molecular formula is C15H23NO2. The minimum absolute atomic E-state index is 0.108. The van der Waals surface area contributed by atoms with Crippen molar-refractivity contribution in [2.24, 2.45) is 11.8 Å². The van der Waals surface area contributed by atoms with Crippen LogP contribution in [-0.4, -0.2) is 16.8 Å². The second-order valence-corrected chi connectivity index (χ2v) is 5.47. The molecule has 100 valence electrons. The molecule has 0 bridgehead atoms. The molecule has 3 heteroatoms. The Morgan fingerprint density at radius 1 is 1.22 bits per heavy atom. The SMILES string of the molecule is CC1CCCCC1CNCc1ccc(O)cc1O. The van der Waals surface area contributed by atoms with Gasteiger partial charge in [-0.25, -0.2) is 0 Å². The molecule has 0 amide bonds. The van der Waals surface area contributed by atoms with Crippen LogP contribution in [0.4, 0.5) is 0 Å². The molecule has 18 heavy (non-hydrogen) atoms. The van der Waals surface area contributed by atoms with Gasteiger partial charge in [-0.15, -0.1) is 0 Å². The summed E-state index contributed by atoms with van der Waals surface area (Å²) in [5.74, 6) is 1.84. The van der Waals surface area contributed by atoms with E-state index in [1.165, 1.54) is 31.7 Å². The second-order valence-electron chi connectivity index (χ2n) is 5.47. The standard InChI is InChI=1S/C15H23NO2/c1-11-4-2-3-5-12(11)9-16-10-13-6-7-14(17)8-15(13)18/h6-8,11-12,16-18H,2-5,9-10H2,1H3. The van der Waals surface area contributed by atoms with Crippen molar-refractivity contribution in [3.63, 3.8) is 0 Å². The highest BCUT2D eigenvalue weighted by molar-refractivity contribution is 5.38. The molecule has 1 aromatic rings. The van der Waals surface area contributed by atoms with Crippen molar-refractivity contribution in [2.75, 3.05) is 6.54 Å². The summed E-state index contributed by atoms with van der Waals surface area (Å²) < 4.78 is 0. The monoisotopic (exact) mass is 249 g/mol. The fourth-order valence-electron chi connectivity index (χ4n) is 2.79. The van der Waals surface area contributed by atoms with Gasteiger partial charge < -0.3 is 15.5 Å². The number of aromatic hydroxyl groups is 2. The van der Waals surface area contributed by atoms with Crippen molar-refractivity contribution in [1.82, 2.24) is 5.32 Å². The molecule has 2 rings (SSSR count). The van der Waals surface area contributed by atoms with E-state index in [1.807, 2.05) is 0 Å². The first kappa shape index (κ1) is 13.2. The number of hydrogen-bond acceptors (Lipinski definition) is 3. The van der Waals surface area contributed by atoms with Crippen molar-refractivity contribution in [2.45, 2.75) is 39.2 Å². The highest BCUT2D eigenvalue weighted by atomic mass is 16.3. The van der Waals surface area contributed by atoms with Crippen molar-refractivity contribution in [1.29, 1.82) is 0 Å². The van der Waals surface area contributed by atoms with E-state index in [0.717, 1.165) is 23.9 Å². The van der Waals surface area contributed by atoms with Gasteiger partial charge in [-0.3, -0.25) is 0 Å². The van der Waals surface area contributed by atoms with E-state index in [2.05, 4.69) is 12.2 Å². The molecule has 0 saturated heterocycles. The third-order valence-electron chi connectivity index (χ3n) is 4.08. The molecule has 1 aliphatic rings. The fourth-order valence-corrected chi connectivity index (χ4v) is 2.79. The summed E-state index contributed by atoms with van der Waals surface area (Å²) in [5.41, 5.74) is 0.844. The predicted molar refractivity (Wildman–Crippen MR) is 72.6 cm³/mol. The van der Waals surface area contributed by atoms with Gasteiger partial charge >= 0.3 is 0 Å². The first-order chi connectivity index (χ1) is 8.66. The summed E-state index contributed by atoms with van der Waals surface area (Å²) in [6, 6.07) is 4.77. The number of phenols is 2. The van der Waals surface area contributed by atoms with E-state index < -0.39 is 0 Å². The number of nitrogens with one attached hydrogen (secondary N) is 1. The minimum atomic E-state index is 0.108. The fraction of sp³-hybridized carbons (Fsp3) is 0.600. The van der Waals surface area contributed by atoms with E-state index in [0.29, 0.717) is 6.54 Å². The number of phenolic OH excluding ortho intramolecular Hbond substituents is 2. The highest BCUT2D eigenvalue weighted by Crippen LogP contribution is 2.29. The van der Waals surface area contributed by atoms with Gasteiger partial charge in [0, 0.05) is 18.2 Å². The molecule has 1 saturated carbocycles. The first-order valence-corrected chi connectivity index (χ1v) is 6.88. The van der Waals surface area contributed by atoms with E-state index >= 15 is 0 Å². The van der Waals surface area contributed by atoms with Crippen LogP contribution < -0.4 is 5.32 Å². The van der Waals surface area contributed by atoms with Crippen LogP contribution >= 0.6 is 0 Å². The van der Waals surface area contributed by atoms with E-state index in [-0.39, 0.29) is 11.5 Å². The van der Waals surface area contributed by atoms with Crippen LogP contribution in [0, 0.1) is 11.8 Å². The lowest BCUT2D eigenvalue weighted by Gasteiger charge is -2.28. The summed E-state index contributed by atoms with van der Waals surface area (Å²) >= 11 is 0. The Balaban J connectivity index is 1.81. The lowest BCUT2D eigenvalue weighted by molar-refractivity contribution is 0.247. The third-order valence-corrected chi connectivity index (χ3v) is 4.08. The maximum atomic E-state index is 9.68. The molecule has 0 spiro atoms. The van der Waals surface area contributed by atoms with Gasteiger partial charge in [0.05, 0.1) is 0 Å². The Labute approximate surface area is 109 Å². The molecule has 0 aromatic heterocycles. The molecule has 2 unspecified atom stereocenters. The Morgan fingerprint density at radius 2 is 2.00 bits per heavy atom. The minimum Gasteiger partial charge on any atom is -0.508 e. The van der Waals surface area contributed by atoms with Crippen molar-refractivity contribution in [3.05, 3.63) is 23.8 Å². The molecule has 0 aliphatic heterocycles. The topological polar surface area (TPSA) is 52.5 Å². The Hall–Kier alpha value is -1.22. The van der Waals surface area contributed by atoms with Gasteiger partial charge in [0.1, 0.15) is 11.5 Å². The average Bonchev–Trinajstić information content (AvgIpc) is 2.34. The Kier molecular flexibility index (Phi) is 4.48. The lowest BCUT2D eigenvalue weighted by atomic mass is 9.80. The molecule has 2 atom stereocenters. The Bertz CT molecular complexity index is 392. The predicted octanol–water partition coefficient (Wildman–Crippen LogP) is 3.01. The summed E-state index contributed by atoms with van der Waals surface area (Å²) in [6.45, 7) is 4.01. The van der Waals surface area contributed by atoms with Crippen LogP contribution in [0.2, 0.25) is 0 Å². The zero-order chi connectivity index (χ0) is 13.0. The quantitative estimate of drug-likeness (QED) is 0.769. The van der Waals surface area contributed by atoms with Gasteiger partial charge in [-0.2, -0.15) is 0 Å². The maximum absolute atomic E-state index is 9.68. The van der Waals surface area contributed by atoms with Crippen LogP contribution in [0.15, 0.2) is 18.2 Å². The summed E-state index contributed by atoms with van der Waals surface area (Å²) in [6.07, 6.45) is 5.38. The van der Waals surface area contributed by atoms with E-state index in [4.69, 9.17) is 0 Å². The number of rotatable bonds is 4. The molecule has 3 nitrogen and oxygen atoms in total. The number of benzene rings is 1. The molecule has 1 fully saturated rings.